The summed E-state index contributed by atoms with van der Waals surface area (Å²) in [6.07, 6.45) is 1.56. The van der Waals surface area contributed by atoms with Crippen LogP contribution >= 0.6 is 0 Å². The Morgan fingerprint density at radius 2 is 2.22 bits per heavy atom. The van der Waals surface area contributed by atoms with Gasteiger partial charge in [-0.3, -0.25) is 4.79 Å². The highest BCUT2D eigenvalue weighted by Gasteiger charge is 2.07. The van der Waals surface area contributed by atoms with Crippen molar-refractivity contribution in [1.29, 1.82) is 0 Å². The molecule has 0 spiro atoms. The van der Waals surface area contributed by atoms with E-state index in [1.807, 2.05) is 0 Å². The number of unbranched alkanes of at least 4 members (excludes halogenated alkanes) is 1. The third-order valence-corrected chi connectivity index (χ3v) is 2.22. The van der Waals surface area contributed by atoms with Crippen LogP contribution < -0.4 is 11.1 Å². The van der Waals surface area contributed by atoms with Gasteiger partial charge in [0.1, 0.15) is 5.78 Å². The first kappa shape index (κ1) is 16.2. The van der Waals surface area contributed by atoms with Gasteiger partial charge in [0.15, 0.2) is 0 Å². The number of hydrogen-bond donors (Lipinski definition) is 2. The third kappa shape index (κ3) is 9.44. The second-order valence-electron chi connectivity index (χ2n) is 3.73. The van der Waals surface area contributed by atoms with Crippen molar-refractivity contribution in [3.63, 3.8) is 0 Å². The van der Waals surface area contributed by atoms with Crippen molar-refractivity contribution >= 4 is 11.9 Å². The minimum Gasteiger partial charge on any atom is -0.449 e. The van der Waals surface area contributed by atoms with Crippen LogP contribution in [0, 0.1) is 0 Å². The Kier molecular flexibility index (Phi) is 9.34. The lowest BCUT2D eigenvalue weighted by molar-refractivity contribution is -0.118. The molecule has 8 nitrogen and oxygen atoms in total. The highest BCUT2D eigenvalue weighted by Crippen LogP contribution is 1.99. The molecule has 0 aliphatic carbocycles. The second-order valence-corrected chi connectivity index (χ2v) is 3.73. The van der Waals surface area contributed by atoms with E-state index in [4.69, 9.17) is 16.0 Å². The van der Waals surface area contributed by atoms with Gasteiger partial charge in [0.2, 0.25) is 0 Å². The Labute approximate surface area is 105 Å². The van der Waals surface area contributed by atoms with Crippen molar-refractivity contribution in [2.24, 2.45) is 10.8 Å². The van der Waals surface area contributed by atoms with E-state index in [1.54, 1.807) is 0 Å². The molecule has 0 aromatic rings. The molecule has 0 saturated heterocycles. The summed E-state index contributed by atoms with van der Waals surface area (Å²) >= 11 is 0. The fourth-order valence-corrected chi connectivity index (χ4v) is 1.16. The van der Waals surface area contributed by atoms with Gasteiger partial charge in [0.05, 0.1) is 19.2 Å². The van der Waals surface area contributed by atoms with Crippen LogP contribution in [0.2, 0.25) is 0 Å². The lowest BCUT2D eigenvalue weighted by atomic mass is 10.1. The van der Waals surface area contributed by atoms with Gasteiger partial charge >= 0.3 is 6.09 Å². The molecule has 0 aliphatic heterocycles. The number of alkyl carbamates (subject to hydrolysis) is 1. The van der Waals surface area contributed by atoms with Crippen molar-refractivity contribution in [1.82, 2.24) is 5.32 Å². The third-order valence-electron chi connectivity index (χ3n) is 2.22. The predicted octanol–water partition coefficient (Wildman–Crippen LogP) is 1.11. The zero-order valence-corrected chi connectivity index (χ0v) is 10.5. The van der Waals surface area contributed by atoms with Gasteiger partial charge in [-0.1, -0.05) is 5.11 Å². The summed E-state index contributed by atoms with van der Waals surface area (Å²) in [7, 11) is 0. The number of nitrogens with one attached hydrogen (secondary N) is 1. The fraction of sp³-hybridized carbons (Fsp3) is 0.800. The number of amides is 1. The molecule has 0 saturated carbocycles. The standard InChI is InChI=1S/C10H19N5O3/c1-8(16)9(11)4-2-3-5-13-10(17)18-7-6-14-15-12/h9H,2-7,11H2,1H3,(H,13,17). The summed E-state index contributed by atoms with van der Waals surface area (Å²) in [5.74, 6) is -0.0274. The van der Waals surface area contributed by atoms with Gasteiger partial charge in [0.25, 0.3) is 0 Å². The normalized spacial score (nSPS) is 11.2. The zero-order chi connectivity index (χ0) is 13.8. The molecule has 8 heteroatoms. The Hall–Kier alpha value is -1.79. The molecular weight excluding hydrogens is 238 g/mol. The van der Waals surface area contributed by atoms with Crippen LogP contribution in [0.5, 0.6) is 0 Å². The summed E-state index contributed by atoms with van der Waals surface area (Å²) in [4.78, 5) is 24.4. The molecule has 1 atom stereocenters. The van der Waals surface area contributed by atoms with E-state index in [1.165, 1.54) is 6.92 Å². The Balaban J connectivity index is 3.40. The molecule has 0 bridgehead atoms. The molecule has 0 aromatic heterocycles. The molecule has 0 rings (SSSR count). The van der Waals surface area contributed by atoms with Gasteiger partial charge in [-0.05, 0) is 31.7 Å². The number of ketones is 1. The summed E-state index contributed by atoms with van der Waals surface area (Å²) < 4.78 is 4.72. The lowest BCUT2D eigenvalue weighted by Crippen LogP contribution is -2.29. The monoisotopic (exact) mass is 257 g/mol. The molecule has 102 valence electrons. The molecule has 0 heterocycles. The number of nitrogens with two attached hydrogens (primary N) is 1. The van der Waals surface area contributed by atoms with E-state index in [2.05, 4.69) is 15.3 Å². The number of carbonyl (C=O) groups excluding carboxylic acids is 2. The molecule has 1 unspecified atom stereocenters. The van der Waals surface area contributed by atoms with Gasteiger partial charge in [-0.2, -0.15) is 0 Å². The van der Waals surface area contributed by atoms with Crippen molar-refractivity contribution in [3.05, 3.63) is 10.4 Å². The van der Waals surface area contributed by atoms with Crippen LogP contribution in [0.3, 0.4) is 0 Å². The van der Waals surface area contributed by atoms with Gasteiger partial charge in [-0.25, -0.2) is 4.79 Å². The van der Waals surface area contributed by atoms with E-state index in [9.17, 15) is 9.59 Å². The van der Waals surface area contributed by atoms with Crippen molar-refractivity contribution in [3.8, 4) is 0 Å². The number of nitrogens with zero attached hydrogens (tertiary/aromatic N) is 3. The molecular formula is C10H19N5O3. The van der Waals surface area contributed by atoms with Crippen LogP contribution in [0.4, 0.5) is 4.79 Å². The topological polar surface area (TPSA) is 130 Å². The smallest absolute Gasteiger partial charge is 0.407 e. The van der Waals surface area contributed by atoms with Crippen LogP contribution in [-0.2, 0) is 9.53 Å². The quantitative estimate of drug-likeness (QED) is 0.277. The average Bonchev–Trinajstić information content (AvgIpc) is 2.33. The highest BCUT2D eigenvalue weighted by molar-refractivity contribution is 5.81. The minimum absolute atomic E-state index is 0.0274. The Bertz CT molecular complexity index is 315. The number of rotatable bonds is 9. The maximum atomic E-state index is 11.1. The predicted molar refractivity (Wildman–Crippen MR) is 65.9 cm³/mol. The fourth-order valence-electron chi connectivity index (χ4n) is 1.16. The Morgan fingerprint density at radius 1 is 1.50 bits per heavy atom. The first-order valence-electron chi connectivity index (χ1n) is 5.75. The molecule has 0 aliphatic rings. The molecule has 18 heavy (non-hydrogen) atoms. The summed E-state index contributed by atoms with van der Waals surface area (Å²) in [5.41, 5.74) is 13.5. The maximum Gasteiger partial charge on any atom is 0.407 e. The first-order valence-corrected chi connectivity index (χ1v) is 5.75. The van der Waals surface area contributed by atoms with E-state index < -0.39 is 12.1 Å². The van der Waals surface area contributed by atoms with Crippen LogP contribution in [0.25, 0.3) is 10.4 Å². The number of hydrogen-bond acceptors (Lipinski definition) is 5. The number of azide groups is 1. The van der Waals surface area contributed by atoms with Crippen molar-refractivity contribution < 1.29 is 14.3 Å². The summed E-state index contributed by atoms with van der Waals surface area (Å²) in [5, 5.41) is 5.76. The maximum absolute atomic E-state index is 11.1. The number of carbonyl (C=O) groups is 2. The Morgan fingerprint density at radius 3 is 2.83 bits per heavy atom. The second kappa shape index (κ2) is 10.4. The largest absolute Gasteiger partial charge is 0.449 e. The molecule has 3 N–H and O–H groups in total. The summed E-state index contributed by atoms with van der Waals surface area (Å²) in [6.45, 7) is 2.11. The number of Topliss-reactive ketones (excluding diaryl/α,β-unsaturated/α-hetero) is 1. The minimum atomic E-state index is -0.543. The van der Waals surface area contributed by atoms with E-state index >= 15 is 0 Å². The first-order chi connectivity index (χ1) is 8.57. The van der Waals surface area contributed by atoms with E-state index in [0.29, 0.717) is 13.0 Å². The van der Waals surface area contributed by atoms with Gasteiger partial charge in [-0.15, -0.1) is 0 Å². The van der Waals surface area contributed by atoms with E-state index in [0.717, 1.165) is 12.8 Å². The zero-order valence-electron chi connectivity index (χ0n) is 10.5. The molecule has 0 fully saturated rings. The van der Waals surface area contributed by atoms with Gasteiger partial charge in [0, 0.05) is 11.5 Å². The molecule has 1 amide bonds. The van der Waals surface area contributed by atoms with Crippen molar-refractivity contribution in [2.75, 3.05) is 19.7 Å². The molecule has 0 aromatic carbocycles. The average molecular weight is 257 g/mol. The SMILES string of the molecule is CC(=O)C(N)CCCCNC(=O)OCCN=[N+]=[N-]. The van der Waals surface area contributed by atoms with E-state index in [-0.39, 0.29) is 18.9 Å². The van der Waals surface area contributed by atoms with Crippen LogP contribution in [-0.4, -0.2) is 37.6 Å². The van der Waals surface area contributed by atoms with Gasteiger partial charge < -0.3 is 15.8 Å². The van der Waals surface area contributed by atoms with Crippen LogP contribution in [0.15, 0.2) is 5.11 Å². The number of ether oxygens (including phenoxy) is 1. The van der Waals surface area contributed by atoms with Crippen molar-refractivity contribution in [2.45, 2.75) is 32.2 Å². The highest BCUT2D eigenvalue weighted by atomic mass is 16.5. The summed E-state index contributed by atoms with van der Waals surface area (Å²) in [6, 6.07) is -0.416. The lowest BCUT2D eigenvalue weighted by Gasteiger charge is -2.08. The molecule has 0 radical (unpaired) electrons. The van der Waals surface area contributed by atoms with Crippen LogP contribution in [0.1, 0.15) is 26.2 Å².